The molecule has 1 aliphatic rings. The number of fused-ring (bicyclic) bond motifs is 1. The van der Waals surface area contributed by atoms with Crippen LogP contribution < -0.4 is 9.64 Å². The van der Waals surface area contributed by atoms with Crippen LogP contribution in [-0.4, -0.2) is 72.1 Å². The van der Waals surface area contributed by atoms with Crippen LogP contribution in [0.1, 0.15) is 35.1 Å². The van der Waals surface area contributed by atoms with E-state index in [4.69, 9.17) is 14.5 Å². The van der Waals surface area contributed by atoms with E-state index in [1.807, 2.05) is 36.7 Å². The molecular formula is C23H31N5O3S. The number of methoxy groups -OCH3 is 1. The first-order chi connectivity index (χ1) is 15.5. The lowest BCUT2D eigenvalue weighted by Gasteiger charge is -2.27. The van der Waals surface area contributed by atoms with Crippen LogP contribution >= 0.6 is 11.3 Å². The summed E-state index contributed by atoms with van der Waals surface area (Å²) in [5, 5.41) is 5.21. The van der Waals surface area contributed by atoms with E-state index in [2.05, 4.69) is 16.9 Å². The zero-order chi connectivity index (χ0) is 22.7. The number of hydrogen-bond donors (Lipinski definition) is 0. The normalized spacial score (nSPS) is 14.8. The van der Waals surface area contributed by atoms with Crippen molar-refractivity contribution in [2.24, 2.45) is 0 Å². The molecule has 0 spiro atoms. The van der Waals surface area contributed by atoms with Crippen molar-refractivity contribution in [2.75, 3.05) is 51.4 Å². The number of ether oxygens (including phenoxy) is 2. The summed E-state index contributed by atoms with van der Waals surface area (Å²) < 4.78 is 13.9. The summed E-state index contributed by atoms with van der Waals surface area (Å²) >= 11 is 1.53. The number of morpholine rings is 1. The third-order valence-electron chi connectivity index (χ3n) is 5.85. The molecule has 0 saturated carbocycles. The van der Waals surface area contributed by atoms with Crippen LogP contribution in [0.5, 0.6) is 5.75 Å². The van der Waals surface area contributed by atoms with Gasteiger partial charge in [0, 0.05) is 38.4 Å². The highest BCUT2D eigenvalue weighted by Gasteiger charge is 2.25. The van der Waals surface area contributed by atoms with E-state index in [1.54, 1.807) is 12.0 Å². The van der Waals surface area contributed by atoms with Crippen LogP contribution in [0.4, 0.5) is 5.13 Å². The number of hydrogen-bond acceptors (Lipinski definition) is 7. The van der Waals surface area contributed by atoms with Gasteiger partial charge < -0.3 is 9.47 Å². The summed E-state index contributed by atoms with van der Waals surface area (Å²) in [5.41, 5.74) is 3.36. The number of aryl methyl sites for hydroxylation is 3. The van der Waals surface area contributed by atoms with E-state index < -0.39 is 0 Å². The predicted molar refractivity (Wildman–Crippen MR) is 127 cm³/mol. The van der Waals surface area contributed by atoms with Crippen molar-refractivity contribution in [1.29, 1.82) is 0 Å². The second-order valence-electron chi connectivity index (χ2n) is 8.01. The van der Waals surface area contributed by atoms with Crippen LogP contribution in [0.15, 0.2) is 18.2 Å². The van der Waals surface area contributed by atoms with E-state index in [1.165, 1.54) is 11.3 Å². The highest BCUT2D eigenvalue weighted by molar-refractivity contribution is 7.22. The maximum absolute atomic E-state index is 13.6. The minimum atomic E-state index is -0.113. The fraction of sp³-hybridized carbons (Fsp3) is 0.522. The van der Waals surface area contributed by atoms with E-state index in [9.17, 15) is 4.79 Å². The Morgan fingerprint density at radius 2 is 2.06 bits per heavy atom. The van der Waals surface area contributed by atoms with Gasteiger partial charge in [-0.2, -0.15) is 5.10 Å². The molecule has 0 unspecified atom stereocenters. The second kappa shape index (κ2) is 9.97. The molecule has 1 saturated heterocycles. The van der Waals surface area contributed by atoms with Crippen molar-refractivity contribution in [1.82, 2.24) is 19.7 Å². The van der Waals surface area contributed by atoms with Gasteiger partial charge in [0.1, 0.15) is 11.3 Å². The third kappa shape index (κ3) is 4.65. The topological polar surface area (TPSA) is 72.7 Å². The average molecular weight is 458 g/mol. The first-order valence-corrected chi connectivity index (χ1v) is 11.9. The van der Waals surface area contributed by atoms with Gasteiger partial charge in [-0.25, -0.2) is 4.98 Å². The Kier molecular flexibility index (Phi) is 7.07. The van der Waals surface area contributed by atoms with E-state index in [0.717, 1.165) is 73.0 Å². The van der Waals surface area contributed by atoms with Crippen LogP contribution in [0.25, 0.3) is 10.2 Å². The van der Waals surface area contributed by atoms with Crippen LogP contribution in [0, 0.1) is 13.8 Å². The van der Waals surface area contributed by atoms with Gasteiger partial charge in [-0.1, -0.05) is 17.4 Å². The van der Waals surface area contributed by atoms with E-state index in [0.29, 0.717) is 17.4 Å². The number of amides is 1. The zero-order valence-electron chi connectivity index (χ0n) is 19.3. The van der Waals surface area contributed by atoms with Crippen molar-refractivity contribution in [3.05, 3.63) is 35.2 Å². The number of anilines is 1. The fourth-order valence-electron chi connectivity index (χ4n) is 4.01. The van der Waals surface area contributed by atoms with Crippen molar-refractivity contribution >= 4 is 32.6 Å². The Labute approximate surface area is 192 Å². The molecule has 0 bridgehead atoms. The van der Waals surface area contributed by atoms with Crippen molar-refractivity contribution in [3.8, 4) is 5.75 Å². The molecule has 0 N–H and O–H groups in total. The van der Waals surface area contributed by atoms with Crippen LogP contribution in [0.3, 0.4) is 0 Å². The van der Waals surface area contributed by atoms with Gasteiger partial charge in [0.05, 0.1) is 25.0 Å². The van der Waals surface area contributed by atoms with E-state index in [-0.39, 0.29) is 5.91 Å². The molecule has 8 nitrogen and oxygen atoms in total. The molecule has 2 aromatic heterocycles. The molecule has 3 aromatic rings. The van der Waals surface area contributed by atoms with E-state index >= 15 is 0 Å². The largest absolute Gasteiger partial charge is 0.494 e. The third-order valence-corrected chi connectivity index (χ3v) is 7.06. The fourth-order valence-corrected chi connectivity index (χ4v) is 5.09. The number of carbonyl (C=O) groups excluding carboxylic acids is 1. The first kappa shape index (κ1) is 22.7. The van der Waals surface area contributed by atoms with Crippen LogP contribution in [0.2, 0.25) is 0 Å². The second-order valence-corrected chi connectivity index (χ2v) is 8.99. The monoisotopic (exact) mass is 457 g/mol. The molecule has 4 rings (SSSR count). The molecule has 1 fully saturated rings. The van der Waals surface area contributed by atoms with Gasteiger partial charge in [0.25, 0.3) is 5.91 Å². The number of nitrogens with zero attached hydrogens (tertiary/aromatic N) is 5. The number of aromatic nitrogens is 3. The van der Waals surface area contributed by atoms with Gasteiger partial charge in [-0.05, 0) is 44.9 Å². The lowest BCUT2D eigenvalue weighted by Crippen LogP contribution is -2.39. The molecule has 1 amide bonds. The van der Waals surface area contributed by atoms with Crippen molar-refractivity contribution in [3.63, 3.8) is 0 Å². The Morgan fingerprint density at radius 3 is 2.75 bits per heavy atom. The Balaban J connectivity index is 1.64. The van der Waals surface area contributed by atoms with Crippen molar-refractivity contribution in [2.45, 2.75) is 33.7 Å². The first-order valence-electron chi connectivity index (χ1n) is 11.1. The molecule has 0 aliphatic carbocycles. The SMILES string of the molecule is CCn1nc(C(=O)N(CCCN2CCOCC2)c2nc3c(OC)ccc(C)c3s2)cc1C. The molecule has 3 heterocycles. The zero-order valence-corrected chi connectivity index (χ0v) is 20.1. The quantitative estimate of drug-likeness (QED) is 0.516. The molecule has 0 radical (unpaired) electrons. The standard InChI is InChI=1S/C23H31N5O3S/c1-5-28-17(3)15-18(25-28)22(29)27(10-6-9-26-11-13-31-14-12-26)23-24-20-19(30-4)8-7-16(2)21(20)32-23/h7-8,15H,5-6,9-14H2,1-4H3. The lowest BCUT2D eigenvalue weighted by molar-refractivity contribution is 0.0376. The molecule has 9 heteroatoms. The molecular weight excluding hydrogens is 426 g/mol. The maximum atomic E-state index is 13.6. The minimum Gasteiger partial charge on any atom is -0.494 e. The molecule has 0 atom stereocenters. The average Bonchev–Trinajstić information content (AvgIpc) is 3.42. The Morgan fingerprint density at radius 1 is 1.28 bits per heavy atom. The molecule has 172 valence electrons. The van der Waals surface area contributed by atoms with Gasteiger partial charge >= 0.3 is 0 Å². The molecule has 1 aliphatic heterocycles. The summed E-state index contributed by atoms with van der Waals surface area (Å²) in [5.74, 6) is 0.609. The van der Waals surface area contributed by atoms with Crippen LogP contribution in [-0.2, 0) is 11.3 Å². The smallest absolute Gasteiger partial charge is 0.280 e. The van der Waals surface area contributed by atoms with Gasteiger partial charge in [0.15, 0.2) is 10.8 Å². The number of thiazole rings is 1. The summed E-state index contributed by atoms with van der Waals surface area (Å²) in [6.07, 6.45) is 0.852. The number of carbonyl (C=O) groups is 1. The number of rotatable bonds is 8. The summed E-state index contributed by atoms with van der Waals surface area (Å²) in [7, 11) is 1.65. The van der Waals surface area contributed by atoms with Crippen molar-refractivity contribution < 1.29 is 14.3 Å². The minimum absolute atomic E-state index is 0.113. The Hall–Kier alpha value is -2.49. The lowest BCUT2D eigenvalue weighted by atomic mass is 10.2. The number of benzene rings is 1. The predicted octanol–water partition coefficient (Wildman–Crippen LogP) is 3.51. The summed E-state index contributed by atoms with van der Waals surface area (Å²) in [4.78, 5) is 22.6. The van der Waals surface area contributed by atoms with Gasteiger partial charge in [-0.3, -0.25) is 19.3 Å². The highest BCUT2D eigenvalue weighted by Crippen LogP contribution is 2.36. The maximum Gasteiger partial charge on any atom is 0.280 e. The van der Waals surface area contributed by atoms with Gasteiger partial charge in [0.2, 0.25) is 0 Å². The highest BCUT2D eigenvalue weighted by atomic mass is 32.1. The summed E-state index contributed by atoms with van der Waals surface area (Å²) in [6, 6.07) is 5.82. The van der Waals surface area contributed by atoms with Gasteiger partial charge in [-0.15, -0.1) is 0 Å². The molecule has 1 aromatic carbocycles. The summed E-state index contributed by atoms with van der Waals surface area (Å²) in [6.45, 7) is 11.7. The molecule has 32 heavy (non-hydrogen) atoms. The Bertz CT molecular complexity index is 1090.